The van der Waals surface area contributed by atoms with Crippen molar-refractivity contribution in [3.05, 3.63) is 40.2 Å². The molecule has 0 aromatic carbocycles. The third-order valence-electron chi connectivity index (χ3n) is 2.45. The van der Waals surface area contributed by atoms with E-state index in [9.17, 15) is 4.79 Å². The highest BCUT2D eigenvalue weighted by Gasteiger charge is 2.09. The number of nitrogens with one attached hydrogen (secondary N) is 2. The average molecular weight is 277 g/mol. The highest BCUT2D eigenvalue weighted by molar-refractivity contribution is 7.09. The summed E-state index contributed by atoms with van der Waals surface area (Å²) in [7, 11) is 1.54. The van der Waals surface area contributed by atoms with E-state index < -0.39 is 0 Å². The lowest BCUT2D eigenvalue weighted by atomic mass is 10.3. The highest BCUT2D eigenvalue weighted by atomic mass is 32.1. The van der Waals surface area contributed by atoms with E-state index in [2.05, 4.69) is 15.6 Å². The molecule has 0 spiro atoms. The number of hydrogen-bond acceptors (Lipinski definition) is 4. The van der Waals surface area contributed by atoms with Crippen molar-refractivity contribution in [2.24, 2.45) is 0 Å². The van der Waals surface area contributed by atoms with Gasteiger partial charge in [0.05, 0.1) is 13.7 Å². The van der Waals surface area contributed by atoms with Crippen molar-refractivity contribution in [1.82, 2.24) is 10.3 Å². The van der Waals surface area contributed by atoms with Gasteiger partial charge >= 0.3 is 6.03 Å². The molecular weight excluding hydrogens is 262 g/mol. The molecule has 2 aromatic heterocycles. The van der Waals surface area contributed by atoms with E-state index in [1.54, 1.807) is 24.5 Å². The van der Waals surface area contributed by atoms with Crippen molar-refractivity contribution < 1.29 is 9.53 Å². The van der Waals surface area contributed by atoms with Gasteiger partial charge in [-0.2, -0.15) is 0 Å². The van der Waals surface area contributed by atoms with E-state index in [1.807, 2.05) is 30.5 Å². The number of aryl methyl sites for hydroxylation is 1. The molecule has 2 heterocycles. The van der Waals surface area contributed by atoms with Crippen molar-refractivity contribution in [2.45, 2.75) is 13.5 Å². The Bertz CT molecular complexity index is 555. The largest absolute Gasteiger partial charge is 0.493 e. The predicted molar refractivity (Wildman–Crippen MR) is 75.7 cm³/mol. The first-order valence-corrected chi connectivity index (χ1v) is 6.66. The maximum absolute atomic E-state index is 11.8. The van der Waals surface area contributed by atoms with Crippen molar-refractivity contribution >= 4 is 23.2 Å². The number of urea groups is 1. The topological polar surface area (TPSA) is 63.2 Å². The molecule has 0 aliphatic carbocycles. The first kappa shape index (κ1) is 13.4. The normalized spacial score (nSPS) is 10.0. The van der Waals surface area contributed by atoms with E-state index in [1.165, 1.54) is 0 Å². The SMILES string of the molecule is COc1ccc(C)nc1NC(=O)NCc1cccs1. The van der Waals surface area contributed by atoms with Crippen LogP contribution in [0.2, 0.25) is 0 Å². The lowest BCUT2D eigenvalue weighted by molar-refractivity contribution is 0.251. The molecule has 2 rings (SSSR count). The molecule has 0 bridgehead atoms. The van der Waals surface area contributed by atoms with Crippen molar-refractivity contribution in [3.63, 3.8) is 0 Å². The molecule has 0 atom stereocenters. The van der Waals surface area contributed by atoms with Crippen LogP contribution in [0.3, 0.4) is 0 Å². The number of rotatable bonds is 4. The summed E-state index contributed by atoms with van der Waals surface area (Å²) in [6, 6.07) is 7.22. The lowest BCUT2D eigenvalue weighted by Gasteiger charge is -2.10. The smallest absolute Gasteiger partial charge is 0.320 e. The van der Waals surface area contributed by atoms with Gasteiger partial charge in [0.25, 0.3) is 0 Å². The molecule has 0 radical (unpaired) electrons. The monoisotopic (exact) mass is 277 g/mol. The van der Waals surface area contributed by atoms with Gasteiger partial charge in [-0.05, 0) is 30.5 Å². The second-order valence-electron chi connectivity index (χ2n) is 3.89. The van der Waals surface area contributed by atoms with Crippen LogP contribution in [0, 0.1) is 6.92 Å². The third-order valence-corrected chi connectivity index (χ3v) is 3.33. The fourth-order valence-electron chi connectivity index (χ4n) is 1.53. The van der Waals surface area contributed by atoms with Crippen LogP contribution in [-0.4, -0.2) is 18.1 Å². The number of anilines is 1. The Morgan fingerprint density at radius 2 is 2.26 bits per heavy atom. The first-order chi connectivity index (χ1) is 9.19. The molecule has 6 heteroatoms. The summed E-state index contributed by atoms with van der Waals surface area (Å²) in [4.78, 5) is 17.1. The van der Waals surface area contributed by atoms with E-state index in [-0.39, 0.29) is 6.03 Å². The number of ether oxygens (including phenoxy) is 1. The molecule has 19 heavy (non-hydrogen) atoms. The fourth-order valence-corrected chi connectivity index (χ4v) is 2.18. The Hall–Kier alpha value is -2.08. The zero-order valence-electron chi connectivity index (χ0n) is 10.8. The van der Waals surface area contributed by atoms with Crippen LogP contribution in [0.25, 0.3) is 0 Å². The Kier molecular flexibility index (Phi) is 4.35. The maximum Gasteiger partial charge on any atom is 0.320 e. The van der Waals surface area contributed by atoms with Crippen LogP contribution in [0.4, 0.5) is 10.6 Å². The summed E-state index contributed by atoms with van der Waals surface area (Å²) in [6.07, 6.45) is 0. The molecule has 0 aliphatic heterocycles. The molecular formula is C13H15N3O2S. The minimum atomic E-state index is -0.301. The van der Waals surface area contributed by atoms with Gasteiger partial charge in [-0.1, -0.05) is 6.07 Å². The van der Waals surface area contributed by atoms with E-state index in [0.717, 1.165) is 10.6 Å². The van der Waals surface area contributed by atoms with Gasteiger partial charge in [-0.25, -0.2) is 9.78 Å². The molecule has 0 saturated heterocycles. The number of thiophene rings is 1. The summed E-state index contributed by atoms with van der Waals surface area (Å²) in [5, 5.41) is 7.42. The Labute approximate surface area is 115 Å². The summed E-state index contributed by atoms with van der Waals surface area (Å²) >= 11 is 1.60. The number of methoxy groups -OCH3 is 1. The summed E-state index contributed by atoms with van der Waals surface area (Å²) < 4.78 is 5.15. The Balaban J connectivity index is 1.96. The summed E-state index contributed by atoms with van der Waals surface area (Å²) in [5.74, 6) is 0.961. The fraction of sp³-hybridized carbons (Fsp3) is 0.231. The predicted octanol–water partition coefficient (Wildman–Crippen LogP) is 2.78. The Morgan fingerprint density at radius 1 is 1.42 bits per heavy atom. The van der Waals surface area contributed by atoms with Crippen LogP contribution in [0.5, 0.6) is 5.75 Å². The molecule has 0 aliphatic rings. The molecule has 2 amide bonds. The van der Waals surface area contributed by atoms with Crippen molar-refractivity contribution in [1.29, 1.82) is 0 Å². The van der Waals surface area contributed by atoms with Crippen LogP contribution >= 0.6 is 11.3 Å². The van der Waals surface area contributed by atoms with Crippen molar-refractivity contribution in [2.75, 3.05) is 12.4 Å². The Morgan fingerprint density at radius 3 is 2.95 bits per heavy atom. The molecule has 0 unspecified atom stereocenters. The van der Waals surface area contributed by atoms with Crippen molar-refractivity contribution in [3.8, 4) is 5.75 Å². The molecule has 5 nitrogen and oxygen atoms in total. The second-order valence-corrected chi connectivity index (χ2v) is 4.92. The quantitative estimate of drug-likeness (QED) is 0.903. The van der Waals surface area contributed by atoms with Crippen LogP contribution < -0.4 is 15.4 Å². The van der Waals surface area contributed by atoms with Gasteiger partial charge in [0, 0.05) is 10.6 Å². The number of pyridine rings is 1. The van der Waals surface area contributed by atoms with Gasteiger partial charge in [-0.3, -0.25) is 5.32 Å². The zero-order valence-corrected chi connectivity index (χ0v) is 11.6. The van der Waals surface area contributed by atoms with E-state index in [0.29, 0.717) is 18.1 Å². The second kappa shape index (κ2) is 6.19. The average Bonchev–Trinajstić information content (AvgIpc) is 2.90. The molecule has 2 N–H and O–H groups in total. The van der Waals surface area contributed by atoms with Crippen LogP contribution in [-0.2, 0) is 6.54 Å². The van der Waals surface area contributed by atoms with Gasteiger partial charge in [-0.15, -0.1) is 11.3 Å². The summed E-state index contributed by atoms with van der Waals surface area (Å²) in [6.45, 7) is 2.35. The standard InChI is InChI=1S/C13H15N3O2S/c1-9-5-6-11(18-2)12(15-9)16-13(17)14-8-10-4-3-7-19-10/h3-7H,8H2,1-2H3,(H2,14,15,16,17). The van der Waals surface area contributed by atoms with E-state index >= 15 is 0 Å². The first-order valence-electron chi connectivity index (χ1n) is 5.78. The molecule has 0 saturated carbocycles. The number of carbonyl (C=O) groups excluding carboxylic acids is 1. The summed E-state index contributed by atoms with van der Waals surface area (Å²) in [5.41, 5.74) is 0.814. The number of amides is 2. The number of carbonyl (C=O) groups is 1. The van der Waals surface area contributed by atoms with Gasteiger partial charge in [0.15, 0.2) is 11.6 Å². The minimum absolute atomic E-state index is 0.301. The van der Waals surface area contributed by atoms with Gasteiger partial charge in [0.2, 0.25) is 0 Å². The molecule has 100 valence electrons. The number of aromatic nitrogens is 1. The van der Waals surface area contributed by atoms with E-state index in [4.69, 9.17) is 4.74 Å². The zero-order chi connectivity index (χ0) is 13.7. The van der Waals surface area contributed by atoms with Gasteiger partial charge < -0.3 is 10.1 Å². The highest BCUT2D eigenvalue weighted by Crippen LogP contribution is 2.21. The van der Waals surface area contributed by atoms with Gasteiger partial charge in [0.1, 0.15) is 0 Å². The van der Waals surface area contributed by atoms with Crippen LogP contribution in [0.1, 0.15) is 10.6 Å². The third kappa shape index (κ3) is 3.69. The minimum Gasteiger partial charge on any atom is -0.493 e. The number of hydrogen-bond donors (Lipinski definition) is 2. The maximum atomic E-state index is 11.8. The molecule has 2 aromatic rings. The lowest BCUT2D eigenvalue weighted by Crippen LogP contribution is -2.28. The number of nitrogens with zero attached hydrogens (tertiary/aromatic N) is 1. The van der Waals surface area contributed by atoms with Crippen LogP contribution in [0.15, 0.2) is 29.6 Å². The molecule has 0 fully saturated rings.